The number of hydrogen-bond donors (Lipinski definition) is 1. The number of halogens is 3. The van der Waals surface area contributed by atoms with Gasteiger partial charge in [0.05, 0.1) is 30.5 Å². The van der Waals surface area contributed by atoms with Gasteiger partial charge in [-0.05, 0) is 12.8 Å². The van der Waals surface area contributed by atoms with Crippen LogP contribution in [-0.2, 0) is 9.47 Å². The van der Waals surface area contributed by atoms with E-state index in [0.29, 0.717) is 6.42 Å². The molecule has 120 valence electrons. The summed E-state index contributed by atoms with van der Waals surface area (Å²) < 4.78 is 12.3. The van der Waals surface area contributed by atoms with Crippen molar-refractivity contribution < 1.29 is 14.6 Å². The van der Waals surface area contributed by atoms with Crippen molar-refractivity contribution >= 4 is 47.8 Å². The molecule has 0 amide bonds. The molecule has 0 saturated carbocycles. The number of rotatable bonds is 3. The largest absolute Gasteiger partial charge is 0.392 e. The van der Waals surface area contributed by atoms with E-state index in [1.807, 2.05) is 0 Å². The molecule has 2 aliphatic heterocycles. The van der Waals surface area contributed by atoms with Crippen molar-refractivity contribution in [3.8, 4) is 12.3 Å². The molecule has 2 aliphatic rings. The minimum atomic E-state index is -0.432. The van der Waals surface area contributed by atoms with Crippen LogP contribution in [0, 0.1) is 12.3 Å². The first-order chi connectivity index (χ1) is 9.96. The lowest BCUT2D eigenvalue weighted by molar-refractivity contribution is -0.0879. The smallest absolute Gasteiger partial charge is 0.101 e. The Morgan fingerprint density at radius 3 is 2.43 bits per heavy atom. The topological polar surface area (TPSA) is 38.7 Å². The van der Waals surface area contributed by atoms with Crippen molar-refractivity contribution in [3.63, 3.8) is 0 Å². The average molecular weight is 489 g/mol. The molecule has 2 heterocycles. The van der Waals surface area contributed by atoms with E-state index in [1.165, 1.54) is 0 Å². The van der Waals surface area contributed by atoms with Crippen LogP contribution in [-0.4, -0.2) is 50.1 Å². The van der Waals surface area contributed by atoms with Crippen molar-refractivity contribution in [1.82, 2.24) is 0 Å². The summed E-state index contributed by atoms with van der Waals surface area (Å²) in [5, 5.41) is 10.3. The fraction of sp³-hybridized carbons (Fsp3) is 0.867. The maximum absolute atomic E-state index is 10.3. The Morgan fingerprint density at radius 1 is 1.19 bits per heavy atom. The molecule has 21 heavy (non-hydrogen) atoms. The van der Waals surface area contributed by atoms with Gasteiger partial charge in [0.2, 0.25) is 0 Å². The van der Waals surface area contributed by atoms with E-state index < -0.39 is 6.10 Å². The molecule has 0 spiro atoms. The molecule has 0 unspecified atom stereocenters. The van der Waals surface area contributed by atoms with E-state index in [-0.39, 0.29) is 38.9 Å². The number of aliphatic hydroxyl groups excluding tert-OH is 1. The van der Waals surface area contributed by atoms with Gasteiger partial charge in [-0.2, -0.15) is 0 Å². The monoisotopic (exact) mass is 486 g/mol. The average Bonchev–Trinajstić information content (AvgIpc) is 2.85. The normalized spacial score (nSPS) is 43.2. The molecule has 2 fully saturated rings. The van der Waals surface area contributed by atoms with E-state index in [9.17, 15) is 5.11 Å². The zero-order valence-electron chi connectivity index (χ0n) is 11.9. The molecule has 0 aliphatic carbocycles. The third-order valence-corrected chi connectivity index (χ3v) is 7.28. The van der Waals surface area contributed by atoms with Gasteiger partial charge in [0.25, 0.3) is 0 Å². The van der Waals surface area contributed by atoms with E-state index in [2.05, 4.69) is 60.6 Å². The quantitative estimate of drug-likeness (QED) is 0.489. The maximum atomic E-state index is 10.3. The summed E-state index contributed by atoms with van der Waals surface area (Å²) in [6, 6.07) is 0. The summed E-state index contributed by atoms with van der Waals surface area (Å²) >= 11 is 10.7. The third-order valence-electron chi connectivity index (χ3n) is 4.21. The molecule has 6 heteroatoms. The summed E-state index contributed by atoms with van der Waals surface area (Å²) in [7, 11) is 0. The fourth-order valence-corrected chi connectivity index (χ4v) is 4.20. The first kappa shape index (κ1) is 18.2. The lowest BCUT2D eigenvalue weighted by atomic mass is 9.96. The van der Waals surface area contributed by atoms with E-state index in [0.717, 1.165) is 19.3 Å². The Balaban J connectivity index is 2.12. The van der Waals surface area contributed by atoms with Gasteiger partial charge >= 0.3 is 0 Å². The fourth-order valence-electron chi connectivity index (χ4n) is 2.94. The van der Waals surface area contributed by atoms with Crippen LogP contribution in [0.4, 0.5) is 0 Å². The molecule has 2 rings (SSSR count). The van der Waals surface area contributed by atoms with Crippen molar-refractivity contribution in [2.75, 3.05) is 0 Å². The highest BCUT2D eigenvalue weighted by Crippen LogP contribution is 2.37. The number of alkyl halides is 3. The zero-order chi connectivity index (χ0) is 15.6. The summed E-state index contributed by atoms with van der Waals surface area (Å²) in [5.41, 5.74) is 0. The summed E-state index contributed by atoms with van der Waals surface area (Å²) in [5.74, 6) is 2.67. The SMILES string of the molecule is C#C[C@@H](Br)[C@H]1C[C@H]2O[C@@H]([C@@H](Br)CC)C[C@H](Br)[C@H](O)C[C@H]2O1. The number of fused-ring (bicyclic) bond motifs is 1. The molecule has 3 nitrogen and oxygen atoms in total. The van der Waals surface area contributed by atoms with Crippen molar-refractivity contribution in [2.45, 2.75) is 77.6 Å². The highest BCUT2D eigenvalue weighted by Gasteiger charge is 2.44. The van der Waals surface area contributed by atoms with Crippen LogP contribution >= 0.6 is 47.8 Å². The van der Waals surface area contributed by atoms with Gasteiger partial charge in [-0.1, -0.05) is 60.6 Å². The number of terminal acetylenes is 1. The van der Waals surface area contributed by atoms with Gasteiger partial charge in [-0.3, -0.25) is 0 Å². The molecule has 0 bridgehead atoms. The highest BCUT2D eigenvalue weighted by atomic mass is 79.9. The Labute approximate surface area is 151 Å². The first-order valence-corrected chi connectivity index (χ1v) is 10.1. The molecule has 1 N–H and O–H groups in total. The second-order valence-electron chi connectivity index (χ2n) is 5.71. The molecule has 0 aromatic rings. The van der Waals surface area contributed by atoms with Crippen LogP contribution in [0.2, 0.25) is 0 Å². The zero-order valence-corrected chi connectivity index (χ0v) is 16.7. The Kier molecular flexibility index (Phi) is 7.05. The van der Waals surface area contributed by atoms with Crippen molar-refractivity contribution in [3.05, 3.63) is 0 Å². The van der Waals surface area contributed by atoms with Gasteiger partial charge < -0.3 is 14.6 Å². The van der Waals surface area contributed by atoms with Crippen LogP contribution in [0.15, 0.2) is 0 Å². The Bertz CT molecular complexity index is 387. The van der Waals surface area contributed by atoms with Crippen LogP contribution in [0.25, 0.3) is 0 Å². The number of hydrogen-bond acceptors (Lipinski definition) is 3. The third kappa shape index (κ3) is 4.45. The second-order valence-corrected chi connectivity index (χ2v) is 9.05. The van der Waals surface area contributed by atoms with Gasteiger partial charge in [-0.15, -0.1) is 6.42 Å². The maximum Gasteiger partial charge on any atom is 0.101 e. The van der Waals surface area contributed by atoms with E-state index in [4.69, 9.17) is 15.9 Å². The Morgan fingerprint density at radius 2 is 1.81 bits per heavy atom. The summed E-state index contributed by atoms with van der Waals surface area (Å²) in [6.45, 7) is 2.12. The van der Waals surface area contributed by atoms with E-state index in [1.54, 1.807) is 0 Å². The minimum absolute atomic E-state index is 0.00495. The van der Waals surface area contributed by atoms with E-state index >= 15 is 0 Å². The number of aliphatic hydroxyl groups is 1. The summed E-state index contributed by atoms with van der Waals surface area (Å²) in [6.07, 6.45) is 8.04. The molecule has 8 atom stereocenters. The lowest BCUT2D eigenvalue weighted by Gasteiger charge is -2.34. The molecular weight excluding hydrogens is 468 g/mol. The molecule has 0 radical (unpaired) electrons. The van der Waals surface area contributed by atoms with Crippen LogP contribution in [0.5, 0.6) is 0 Å². The first-order valence-electron chi connectivity index (χ1n) is 7.33. The second kappa shape index (κ2) is 8.12. The standard InChI is InChI=1S/C15H21Br3O3/c1-3-8(16)12-5-10(18)11(19)6-14-15(20-12)7-13(21-14)9(17)4-2/h2,8-15,19H,3,5-7H2,1H3/t8-,9+,10-,11+,12+,13+,14+,15+/m0/s1. The van der Waals surface area contributed by atoms with Gasteiger partial charge in [-0.25, -0.2) is 0 Å². The highest BCUT2D eigenvalue weighted by molar-refractivity contribution is 9.10. The van der Waals surface area contributed by atoms with Crippen LogP contribution < -0.4 is 0 Å². The molecule has 0 aromatic heterocycles. The van der Waals surface area contributed by atoms with Gasteiger partial charge in [0.15, 0.2) is 0 Å². The Hall–Kier alpha value is 0.880. The number of ether oxygens (including phenoxy) is 2. The molecular formula is C15H21Br3O3. The van der Waals surface area contributed by atoms with Crippen molar-refractivity contribution in [2.24, 2.45) is 0 Å². The minimum Gasteiger partial charge on any atom is -0.392 e. The van der Waals surface area contributed by atoms with Crippen LogP contribution in [0.3, 0.4) is 0 Å². The van der Waals surface area contributed by atoms with Gasteiger partial charge in [0, 0.05) is 22.5 Å². The molecule has 0 aromatic carbocycles. The predicted molar refractivity (Wildman–Crippen MR) is 94.4 cm³/mol. The van der Waals surface area contributed by atoms with Gasteiger partial charge in [0.1, 0.15) is 4.83 Å². The lowest BCUT2D eigenvalue weighted by Crippen LogP contribution is -2.42. The predicted octanol–water partition coefficient (Wildman–Crippen LogP) is 3.39. The molecule has 2 saturated heterocycles. The van der Waals surface area contributed by atoms with Crippen molar-refractivity contribution in [1.29, 1.82) is 0 Å². The van der Waals surface area contributed by atoms with Crippen LogP contribution in [0.1, 0.15) is 32.6 Å². The summed E-state index contributed by atoms with van der Waals surface area (Å²) in [4.78, 5) is 0.177.